The van der Waals surface area contributed by atoms with E-state index in [9.17, 15) is 26.3 Å². The molecule has 0 unspecified atom stereocenters. The molecule has 0 saturated heterocycles. The third-order valence-electron chi connectivity index (χ3n) is 2.61. The van der Waals surface area contributed by atoms with Crippen LogP contribution in [0.3, 0.4) is 0 Å². The fraction of sp³-hybridized carbons (Fsp3) is 0.0769. The molecule has 0 saturated carbocycles. The van der Waals surface area contributed by atoms with E-state index in [0.29, 0.717) is 6.07 Å². The van der Waals surface area contributed by atoms with E-state index in [-0.39, 0.29) is 5.75 Å². The molecule has 106 valence electrons. The van der Waals surface area contributed by atoms with E-state index < -0.39 is 46.0 Å². The maximum Gasteiger partial charge on any atom is 0.200 e. The first kappa shape index (κ1) is 14.2. The first-order valence-electron chi connectivity index (χ1n) is 5.23. The summed E-state index contributed by atoms with van der Waals surface area (Å²) >= 11 is 0. The Bertz CT molecular complexity index is 654. The zero-order chi connectivity index (χ0) is 15.0. The van der Waals surface area contributed by atoms with E-state index >= 15 is 0 Å². The van der Waals surface area contributed by atoms with Crippen molar-refractivity contribution >= 4 is 0 Å². The highest BCUT2D eigenvalue weighted by Gasteiger charge is 2.27. The summed E-state index contributed by atoms with van der Waals surface area (Å²) in [6.07, 6.45) is 0. The summed E-state index contributed by atoms with van der Waals surface area (Å²) in [5.74, 6) is -11.6. The van der Waals surface area contributed by atoms with E-state index in [1.807, 2.05) is 0 Å². The van der Waals surface area contributed by atoms with Crippen molar-refractivity contribution in [1.82, 2.24) is 0 Å². The molecule has 0 radical (unpaired) electrons. The molecular weight excluding hydrogens is 286 g/mol. The lowest BCUT2D eigenvalue weighted by Gasteiger charge is -2.10. The second kappa shape index (κ2) is 5.07. The number of rotatable bonds is 2. The Morgan fingerprint density at radius 2 is 1.20 bits per heavy atom. The standard InChI is InChI=1S/C13H6F6O/c1-20-7-3-5(2-6(14)4-7)8-9(15)11(17)13(19)12(18)10(8)16/h2-4H,1H3. The average Bonchev–Trinajstić information content (AvgIpc) is 2.42. The molecule has 0 aromatic heterocycles. The first-order chi connectivity index (χ1) is 9.36. The Kier molecular flexibility index (Phi) is 3.61. The molecule has 0 bridgehead atoms. The second-order valence-corrected chi connectivity index (χ2v) is 3.82. The van der Waals surface area contributed by atoms with Crippen LogP contribution in [0.5, 0.6) is 5.75 Å². The quantitative estimate of drug-likeness (QED) is 0.458. The van der Waals surface area contributed by atoms with Crippen LogP contribution in [0.4, 0.5) is 26.3 Å². The molecule has 0 aliphatic carbocycles. The van der Waals surface area contributed by atoms with Crippen molar-refractivity contribution in [2.24, 2.45) is 0 Å². The highest BCUT2D eigenvalue weighted by Crippen LogP contribution is 2.33. The molecule has 2 aromatic rings. The fourth-order valence-corrected chi connectivity index (χ4v) is 1.68. The van der Waals surface area contributed by atoms with Gasteiger partial charge in [-0.1, -0.05) is 0 Å². The second-order valence-electron chi connectivity index (χ2n) is 3.82. The number of ether oxygens (including phenoxy) is 1. The van der Waals surface area contributed by atoms with Crippen LogP contribution in [0.15, 0.2) is 18.2 Å². The molecule has 0 aliphatic heterocycles. The fourth-order valence-electron chi connectivity index (χ4n) is 1.68. The number of methoxy groups -OCH3 is 1. The molecule has 2 aromatic carbocycles. The van der Waals surface area contributed by atoms with Crippen LogP contribution in [-0.2, 0) is 0 Å². The molecular formula is C13H6F6O. The molecule has 0 heterocycles. The van der Waals surface area contributed by atoms with Gasteiger partial charge in [-0.3, -0.25) is 0 Å². The number of benzene rings is 2. The molecule has 0 spiro atoms. The summed E-state index contributed by atoms with van der Waals surface area (Å²) in [5, 5.41) is 0. The molecule has 7 heteroatoms. The van der Waals surface area contributed by atoms with Crippen molar-refractivity contribution in [2.45, 2.75) is 0 Å². The minimum atomic E-state index is -2.27. The molecule has 20 heavy (non-hydrogen) atoms. The maximum atomic E-state index is 13.6. The van der Waals surface area contributed by atoms with E-state index in [0.717, 1.165) is 19.2 Å². The predicted octanol–water partition coefficient (Wildman–Crippen LogP) is 4.20. The van der Waals surface area contributed by atoms with E-state index in [1.54, 1.807) is 0 Å². The highest BCUT2D eigenvalue weighted by atomic mass is 19.2. The monoisotopic (exact) mass is 292 g/mol. The average molecular weight is 292 g/mol. The zero-order valence-electron chi connectivity index (χ0n) is 9.91. The summed E-state index contributed by atoms with van der Waals surface area (Å²) in [6, 6.07) is 2.50. The van der Waals surface area contributed by atoms with E-state index in [2.05, 4.69) is 4.74 Å². The van der Waals surface area contributed by atoms with Gasteiger partial charge in [0.15, 0.2) is 23.3 Å². The molecule has 0 aliphatic rings. The van der Waals surface area contributed by atoms with Gasteiger partial charge in [0.1, 0.15) is 11.6 Å². The lowest BCUT2D eigenvalue weighted by atomic mass is 10.0. The first-order valence-corrected chi connectivity index (χ1v) is 5.23. The Balaban J connectivity index is 2.79. The van der Waals surface area contributed by atoms with Gasteiger partial charge in [-0.05, 0) is 17.7 Å². The molecule has 0 amide bonds. The third-order valence-corrected chi connectivity index (χ3v) is 2.61. The summed E-state index contributed by atoms with van der Waals surface area (Å²) in [7, 11) is 1.16. The Hall–Kier alpha value is -2.18. The Morgan fingerprint density at radius 3 is 1.70 bits per heavy atom. The van der Waals surface area contributed by atoms with Gasteiger partial charge in [0, 0.05) is 6.07 Å². The van der Waals surface area contributed by atoms with Crippen molar-refractivity contribution in [3.63, 3.8) is 0 Å². The maximum absolute atomic E-state index is 13.6. The van der Waals surface area contributed by atoms with Gasteiger partial charge < -0.3 is 4.74 Å². The molecule has 0 atom stereocenters. The van der Waals surface area contributed by atoms with Crippen LogP contribution in [0.2, 0.25) is 0 Å². The van der Waals surface area contributed by atoms with Crippen LogP contribution < -0.4 is 4.74 Å². The van der Waals surface area contributed by atoms with Crippen LogP contribution in [0, 0.1) is 34.9 Å². The van der Waals surface area contributed by atoms with Crippen molar-refractivity contribution in [3.05, 3.63) is 53.1 Å². The third kappa shape index (κ3) is 2.19. The van der Waals surface area contributed by atoms with Gasteiger partial charge in [0.2, 0.25) is 5.82 Å². The minimum absolute atomic E-state index is 0.121. The summed E-state index contributed by atoms with van der Waals surface area (Å²) in [5.41, 5.74) is -1.73. The van der Waals surface area contributed by atoms with Gasteiger partial charge in [-0.25, -0.2) is 26.3 Å². The topological polar surface area (TPSA) is 9.23 Å². The van der Waals surface area contributed by atoms with Crippen molar-refractivity contribution in [1.29, 1.82) is 0 Å². The number of hydrogen-bond donors (Lipinski definition) is 0. The normalized spacial score (nSPS) is 10.8. The summed E-state index contributed by atoms with van der Waals surface area (Å²) in [6.45, 7) is 0. The highest BCUT2D eigenvalue weighted by molar-refractivity contribution is 5.67. The molecule has 0 fully saturated rings. The predicted molar refractivity (Wildman–Crippen MR) is 58.2 cm³/mol. The van der Waals surface area contributed by atoms with Crippen LogP contribution in [0.25, 0.3) is 11.1 Å². The summed E-state index contributed by atoms with van der Waals surface area (Å²) in [4.78, 5) is 0. The molecule has 2 rings (SSSR count). The molecule has 1 nitrogen and oxygen atoms in total. The SMILES string of the molecule is COc1cc(F)cc(-c2c(F)c(F)c(F)c(F)c2F)c1. The van der Waals surface area contributed by atoms with Crippen LogP contribution >= 0.6 is 0 Å². The largest absolute Gasteiger partial charge is 0.497 e. The summed E-state index contributed by atoms with van der Waals surface area (Å²) < 4.78 is 84.2. The van der Waals surface area contributed by atoms with Gasteiger partial charge in [-0.15, -0.1) is 0 Å². The number of hydrogen-bond acceptors (Lipinski definition) is 1. The zero-order valence-corrected chi connectivity index (χ0v) is 9.91. The van der Waals surface area contributed by atoms with Crippen LogP contribution in [0.1, 0.15) is 0 Å². The van der Waals surface area contributed by atoms with Crippen molar-refractivity contribution in [3.8, 4) is 16.9 Å². The lowest BCUT2D eigenvalue weighted by Crippen LogP contribution is -2.04. The van der Waals surface area contributed by atoms with E-state index in [1.165, 1.54) is 0 Å². The Morgan fingerprint density at radius 1 is 0.700 bits per heavy atom. The van der Waals surface area contributed by atoms with Gasteiger partial charge in [0.25, 0.3) is 0 Å². The van der Waals surface area contributed by atoms with E-state index in [4.69, 9.17) is 0 Å². The smallest absolute Gasteiger partial charge is 0.200 e. The van der Waals surface area contributed by atoms with Crippen molar-refractivity contribution in [2.75, 3.05) is 7.11 Å². The van der Waals surface area contributed by atoms with Gasteiger partial charge >= 0.3 is 0 Å². The minimum Gasteiger partial charge on any atom is -0.497 e. The van der Waals surface area contributed by atoms with Gasteiger partial charge in [0.05, 0.1) is 12.7 Å². The lowest BCUT2D eigenvalue weighted by molar-refractivity contribution is 0.381. The van der Waals surface area contributed by atoms with Crippen molar-refractivity contribution < 1.29 is 31.1 Å². The Labute approximate surface area is 109 Å². The number of halogens is 6. The molecule has 0 N–H and O–H groups in total. The van der Waals surface area contributed by atoms with Gasteiger partial charge in [-0.2, -0.15) is 0 Å². The van der Waals surface area contributed by atoms with Crippen LogP contribution in [-0.4, -0.2) is 7.11 Å².